The molecular weight excluding hydrogens is 156 g/mol. The van der Waals surface area contributed by atoms with Crippen molar-refractivity contribution in [2.24, 2.45) is 5.92 Å². The van der Waals surface area contributed by atoms with Gasteiger partial charge in [-0.1, -0.05) is 6.92 Å². The quantitative estimate of drug-likeness (QED) is 0.561. The zero-order valence-corrected chi connectivity index (χ0v) is 7.53. The lowest BCUT2D eigenvalue weighted by molar-refractivity contribution is 0.0479. The summed E-state index contributed by atoms with van der Waals surface area (Å²) >= 11 is 0. The molecule has 1 aliphatic rings. The van der Waals surface area contributed by atoms with Crippen LogP contribution in [0, 0.1) is 5.92 Å². The average Bonchev–Trinajstić information content (AvgIpc) is 2.55. The lowest BCUT2D eigenvalue weighted by Crippen LogP contribution is -2.20. The molecule has 12 heavy (non-hydrogen) atoms. The molecule has 1 aliphatic carbocycles. The van der Waals surface area contributed by atoms with E-state index in [1.807, 2.05) is 6.92 Å². The predicted octanol–water partition coefficient (Wildman–Crippen LogP) is 0.281. The van der Waals surface area contributed by atoms with Crippen molar-refractivity contribution in [1.29, 1.82) is 0 Å². The van der Waals surface area contributed by atoms with Gasteiger partial charge in [-0.3, -0.25) is 0 Å². The first kappa shape index (κ1) is 9.96. The molecule has 0 heterocycles. The Labute approximate surface area is 73.0 Å². The van der Waals surface area contributed by atoms with Gasteiger partial charge in [0.2, 0.25) is 0 Å². The number of aliphatic hydroxyl groups excluding tert-OH is 2. The molecule has 0 aliphatic heterocycles. The monoisotopic (exact) mass is 174 g/mol. The number of hydrogen-bond donors (Lipinski definition) is 3. The van der Waals surface area contributed by atoms with E-state index in [4.69, 9.17) is 5.11 Å². The van der Waals surface area contributed by atoms with Crippen molar-refractivity contribution in [3.8, 4) is 0 Å². The van der Waals surface area contributed by atoms with Crippen LogP contribution in [0.2, 0.25) is 0 Å². The molecule has 0 amide bonds. The Bertz CT molecular complexity index is 149. The minimum absolute atomic E-state index is 0.116. The largest absolute Gasteiger partial charge is 0.396 e. The van der Waals surface area contributed by atoms with Gasteiger partial charge in [-0.05, 0) is 25.2 Å². The first-order valence-electron chi connectivity index (χ1n) is 4.60. The lowest BCUT2D eigenvalue weighted by Gasteiger charge is -2.14. The molecule has 0 saturated heterocycles. The molecule has 0 aromatic heterocycles. The van der Waals surface area contributed by atoms with Crippen LogP contribution in [0.3, 0.4) is 0 Å². The molecule has 0 spiro atoms. The van der Waals surface area contributed by atoms with Crippen LogP contribution < -0.4 is 0 Å². The minimum atomic E-state index is -0.602. The molecule has 1 rings (SSSR count). The maximum atomic E-state index is 9.64. The van der Waals surface area contributed by atoms with Gasteiger partial charge in [0.05, 0.1) is 11.7 Å². The topological polar surface area (TPSA) is 60.7 Å². The van der Waals surface area contributed by atoms with E-state index in [2.05, 4.69) is 0 Å². The molecule has 3 N–H and O–H groups in total. The van der Waals surface area contributed by atoms with Gasteiger partial charge in [0.1, 0.15) is 0 Å². The summed E-state index contributed by atoms with van der Waals surface area (Å²) in [5, 5.41) is 27.6. The van der Waals surface area contributed by atoms with E-state index in [0.717, 1.165) is 6.42 Å². The number of aliphatic hydroxyl groups is 3. The second-order valence-corrected chi connectivity index (χ2v) is 3.93. The highest BCUT2D eigenvalue weighted by molar-refractivity contribution is 5.01. The molecule has 1 fully saturated rings. The molecular formula is C9H18O3. The van der Waals surface area contributed by atoms with Crippen LogP contribution in [0.1, 0.15) is 32.6 Å². The molecule has 3 heteroatoms. The normalized spacial score (nSPS) is 36.5. The predicted molar refractivity (Wildman–Crippen MR) is 45.7 cm³/mol. The van der Waals surface area contributed by atoms with Crippen molar-refractivity contribution in [3.63, 3.8) is 0 Å². The maximum Gasteiger partial charge on any atom is 0.0702 e. The van der Waals surface area contributed by atoms with Gasteiger partial charge in [0.15, 0.2) is 0 Å². The fourth-order valence-corrected chi connectivity index (χ4v) is 1.59. The molecule has 0 aromatic carbocycles. The van der Waals surface area contributed by atoms with Gasteiger partial charge >= 0.3 is 0 Å². The van der Waals surface area contributed by atoms with Gasteiger partial charge in [0.25, 0.3) is 0 Å². The Morgan fingerprint density at radius 3 is 2.58 bits per heavy atom. The zero-order chi connectivity index (χ0) is 9.19. The van der Waals surface area contributed by atoms with Crippen molar-refractivity contribution in [3.05, 3.63) is 0 Å². The summed E-state index contributed by atoms with van der Waals surface area (Å²) in [6.07, 6.45) is 2.03. The first-order chi connectivity index (χ1) is 5.58. The van der Waals surface area contributed by atoms with Gasteiger partial charge < -0.3 is 15.3 Å². The molecule has 3 unspecified atom stereocenters. The third-order valence-corrected chi connectivity index (χ3v) is 2.70. The summed E-state index contributed by atoms with van der Waals surface area (Å²) < 4.78 is 0. The summed E-state index contributed by atoms with van der Waals surface area (Å²) in [4.78, 5) is 0. The minimum Gasteiger partial charge on any atom is -0.396 e. The number of hydrogen-bond acceptors (Lipinski definition) is 3. The van der Waals surface area contributed by atoms with E-state index in [1.54, 1.807) is 0 Å². The van der Waals surface area contributed by atoms with Crippen molar-refractivity contribution < 1.29 is 15.3 Å². The summed E-state index contributed by atoms with van der Waals surface area (Å²) in [5.74, 6) is 0.335. The Morgan fingerprint density at radius 2 is 2.17 bits per heavy atom. The average molecular weight is 174 g/mol. The van der Waals surface area contributed by atoms with E-state index < -0.39 is 11.7 Å². The first-order valence-corrected chi connectivity index (χ1v) is 4.60. The second-order valence-electron chi connectivity index (χ2n) is 3.93. The van der Waals surface area contributed by atoms with Crippen LogP contribution in [-0.2, 0) is 0 Å². The summed E-state index contributed by atoms with van der Waals surface area (Å²) in [6.45, 7) is 2.10. The Hall–Kier alpha value is -0.120. The van der Waals surface area contributed by atoms with E-state index in [1.165, 1.54) is 0 Å². The fourth-order valence-electron chi connectivity index (χ4n) is 1.59. The van der Waals surface area contributed by atoms with Crippen molar-refractivity contribution in [1.82, 2.24) is 0 Å². The second kappa shape index (κ2) is 3.73. The van der Waals surface area contributed by atoms with Crippen LogP contribution in [0.5, 0.6) is 0 Å². The fraction of sp³-hybridized carbons (Fsp3) is 1.00. The Morgan fingerprint density at radius 1 is 1.58 bits per heavy atom. The highest BCUT2D eigenvalue weighted by atomic mass is 16.3. The van der Waals surface area contributed by atoms with Crippen LogP contribution in [-0.4, -0.2) is 33.6 Å². The lowest BCUT2D eigenvalue weighted by atomic mass is 10.0. The summed E-state index contributed by atoms with van der Waals surface area (Å²) in [6, 6.07) is 0. The molecule has 0 radical (unpaired) electrons. The van der Waals surface area contributed by atoms with E-state index in [9.17, 15) is 10.2 Å². The summed E-state index contributed by atoms with van der Waals surface area (Å²) in [7, 11) is 0. The molecule has 3 atom stereocenters. The zero-order valence-electron chi connectivity index (χ0n) is 7.53. The van der Waals surface area contributed by atoms with Crippen LogP contribution >= 0.6 is 0 Å². The SMILES string of the molecule is CC1CC1(O)CC(O)CCCO. The molecule has 72 valence electrons. The van der Waals surface area contributed by atoms with Crippen molar-refractivity contribution in [2.75, 3.05) is 6.61 Å². The maximum absolute atomic E-state index is 9.64. The van der Waals surface area contributed by atoms with E-state index in [0.29, 0.717) is 25.2 Å². The molecule has 0 aromatic rings. The van der Waals surface area contributed by atoms with Gasteiger partial charge in [-0.15, -0.1) is 0 Å². The summed E-state index contributed by atoms with van der Waals surface area (Å²) in [5.41, 5.74) is -0.602. The third kappa shape index (κ3) is 2.44. The van der Waals surface area contributed by atoms with Crippen LogP contribution in [0.15, 0.2) is 0 Å². The highest BCUT2D eigenvalue weighted by Crippen LogP contribution is 2.46. The van der Waals surface area contributed by atoms with E-state index >= 15 is 0 Å². The highest BCUT2D eigenvalue weighted by Gasteiger charge is 2.50. The van der Waals surface area contributed by atoms with Crippen molar-refractivity contribution >= 4 is 0 Å². The van der Waals surface area contributed by atoms with Crippen molar-refractivity contribution in [2.45, 2.75) is 44.3 Å². The van der Waals surface area contributed by atoms with Gasteiger partial charge in [0, 0.05) is 13.0 Å². The molecule has 0 bridgehead atoms. The smallest absolute Gasteiger partial charge is 0.0702 e. The van der Waals surface area contributed by atoms with Crippen LogP contribution in [0.25, 0.3) is 0 Å². The van der Waals surface area contributed by atoms with Gasteiger partial charge in [-0.25, -0.2) is 0 Å². The molecule has 3 nitrogen and oxygen atoms in total. The Kier molecular flexibility index (Phi) is 3.09. The molecule has 1 saturated carbocycles. The standard InChI is InChI=1S/C9H18O3/c1-7-5-9(7,12)6-8(11)3-2-4-10/h7-8,10-12H,2-6H2,1H3. The third-order valence-electron chi connectivity index (χ3n) is 2.70. The van der Waals surface area contributed by atoms with E-state index in [-0.39, 0.29) is 6.61 Å². The van der Waals surface area contributed by atoms with Gasteiger partial charge in [-0.2, -0.15) is 0 Å². The Balaban J connectivity index is 2.14. The number of rotatable bonds is 5. The van der Waals surface area contributed by atoms with Crippen LogP contribution in [0.4, 0.5) is 0 Å².